The van der Waals surface area contributed by atoms with Gasteiger partial charge in [0.2, 0.25) is 0 Å². The van der Waals surface area contributed by atoms with Crippen LogP contribution in [0.2, 0.25) is 0 Å². The molecule has 1 fully saturated rings. The van der Waals surface area contributed by atoms with E-state index < -0.39 is 0 Å². The summed E-state index contributed by atoms with van der Waals surface area (Å²) < 4.78 is 11.7. The first-order valence-corrected chi connectivity index (χ1v) is 7.40. The lowest BCUT2D eigenvalue weighted by Gasteiger charge is -2.24. The summed E-state index contributed by atoms with van der Waals surface area (Å²) in [5.41, 5.74) is 0. The Bertz CT molecular complexity index is 201. The molecule has 1 aliphatic rings. The number of ether oxygens (including phenoxy) is 2. The third-order valence-corrected chi connectivity index (χ3v) is 3.66. The first kappa shape index (κ1) is 15.0. The molecule has 102 valence electrons. The van der Waals surface area contributed by atoms with Crippen LogP contribution in [0.5, 0.6) is 0 Å². The molecule has 1 aliphatic heterocycles. The van der Waals surface area contributed by atoms with Crippen LogP contribution >= 0.6 is 0 Å². The van der Waals surface area contributed by atoms with E-state index in [0.29, 0.717) is 12.0 Å². The Morgan fingerprint density at radius 2 is 1.71 bits per heavy atom. The Labute approximate surface area is 107 Å². The second-order valence-corrected chi connectivity index (χ2v) is 5.77. The molecule has 0 aromatic rings. The Kier molecular flexibility index (Phi) is 6.50. The fourth-order valence-electron chi connectivity index (χ4n) is 2.59. The van der Waals surface area contributed by atoms with Crippen molar-refractivity contribution in [2.75, 3.05) is 6.61 Å². The van der Waals surface area contributed by atoms with Gasteiger partial charge in [-0.3, -0.25) is 0 Å². The summed E-state index contributed by atoms with van der Waals surface area (Å²) in [6.07, 6.45) is 9.51. The lowest BCUT2D eigenvalue weighted by molar-refractivity contribution is -0.145. The van der Waals surface area contributed by atoms with Crippen molar-refractivity contribution in [2.24, 2.45) is 5.92 Å². The van der Waals surface area contributed by atoms with Crippen LogP contribution in [0.4, 0.5) is 0 Å². The quantitative estimate of drug-likeness (QED) is 0.582. The van der Waals surface area contributed by atoms with Gasteiger partial charge in [-0.2, -0.15) is 0 Å². The summed E-state index contributed by atoms with van der Waals surface area (Å²) in [4.78, 5) is 0. The van der Waals surface area contributed by atoms with Crippen LogP contribution in [0.25, 0.3) is 0 Å². The van der Waals surface area contributed by atoms with E-state index in [-0.39, 0.29) is 5.79 Å². The van der Waals surface area contributed by atoms with Crippen LogP contribution in [0, 0.1) is 5.92 Å². The number of unbranched alkanes of at least 4 members (excludes halogenated alkanes) is 3. The highest BCUT2D eigenvalue weighted by Crippen LogP contribution is 2.31. The van der Waals surface area contributed by atoms with Crippen molar-refractivity contribution in [3.8, 4) is 0 Å². The van der Waals surface area contributed by atoms with Gasteiger partial charge in [-0.15, -0.1) is 0 Å². The van der Waals surface area contributed by atoms with Crippen molar-refractivity contribution < 1.29 is 9.47 Å². The fourth-order valence-corrected chi connectivity index (χ4v) is 2.59. The molecule has 0 saturated carbocycles. The molecule has 1 unspecified atom stereocenters. The molecule has 0 radical (unpaired) electrons. The van der Waals surface area contributed by atoms with Crippen molar-refractivity contribution in [3.05, 3.63) is 0 Å². The molecule has 17 heavy (non-hydrogen) atoms. The maximum atomic E-state index is 6.02. The topological polar surface area (TPSA) is 18.5 Å². The number of rotatable bonds is 8. The Balaban J connectivity index is 2.39. The average molecular weight is 242 g/mol. The predicted molar refractivity (Wildman–Crippen MR) is 72.1 cm³/mol. The summed E-state index contributed by atoms with van der Waals surface area (Å²) in [5, 5.41) is 0. The van der Waals surface area contributed by atoms with Crippen molar-refractivity contribution >= 4 is 0 Å². The second-order valence-electron chi connectivity index (χ2n) is 5.77. The van der Waals surface area contributed by atoms with Gasteiger partial charge in [0.05, 0.1) is 12.7 Å². The van der Waals surface area contributed by atoms with Crippen molar-refractivity contribution in [1.29, 1.82) is 0 Å². The molecule has 0 amide bonds. The first-order valence-electron chi connectivity index (χ1n) is 7.40. The molecule has 0 bridgehead atoms. The molecule has 1 saturated heterocycles. The van der Waals surface area contributed by atoms with Gasteiger partial charge in [0.1, 0.15) is 0 Å². The van der Waals surface area contributed by atoms with Gasteiger partial charge in [0.25, 0.3) is 0 Å². The highest BCUT2D eigenvalue weighted by molar-refractivity contribution is 4.78. The summed E-state index contributed by atoms with van der Waals surface area (Å²) >= 11 is 0. The third kappa shape index (κ3) is 5.39. The van der Waals surface area contributed by atoms with Crippen LogP contribution in [0.3, 0.4) is 0 Å². The smallest absolute Gasteiger partial charge is 0.163 e. The summed E-state index contributed by atoms with van der Waals surface area (Å²) in [7, 11) is 0. The molecule has 0 N–H and O–H groups in total. The SMILES string of the molecule is CCCCCC(CCCC)[C@@H]1COC(C)(C)O1. The van der Waals surface area contributed by atoms with E-state index in [1.165, 1.54) is 44.9 Å². The van der Waals surface area contributed by atoms with E-state index in [1.807, 2.05) is 13.8 Å². The van der Waals surface area contributed by atoms with Crippen molar-refractivity contribution in [1.82, 2.24) is 0 Å². The summed E-state index contributed by atoms with van der Waals surface area (Å²) in [6, 6.07) is 0. The zero-order chi connectivity index (χ0) is 12.7. The Morgan fingerprint density at radius 1 is 1.06 bits per heavy atom. The maximum Gasteiger partial charge on any atom is 0.163 e. The van der Waals surface area contributed by atoms with Crippen molar-refractivity contribution in [3.63, 3.8) is 0 Å². The largest absolute Gasteiger partial charge is 0.348 e. The highest BCUT2D eigenvalue weighted by atomic mass is 16.7. The molecule has 2 heteroatoms. The van der Waals surface area contributed by atoms with E-state index in [2.05, 4.69) is 13.8 Å². The molecule has 2 atom stereocenters. The van der Waals surface area contributed by atoms with Crippen molar-refractivity contribution in [2.45, 2.75) is 84.5 Å². The van der Waals surface area contributed by atoms with E-state index in [4.69, 9.17) is 9.47 Å². The second kappa shape index (κ2) is 7.38. The zero-order valence-corrected chi connectivity index (χ0v) is 12.1. The number of hydrogen-bond acceptors (Lipinski definition) is 2. The Hall–Kier alpha value is -0.0800. The van der Waals surface area contributed by atoms with E-state index in [9.17, 15) is 0 Å². The monoisotopic (exact) mass is 242 g/mol. The van der Waals surface area contributed by atoms with Gasteiger partial charge in [0.15, 0.2) is 5.79 Å². The normalized spacial score (nSPS) is 25.1. The minimum Gasteiger partial charge on any atom is -0.348 e. The standard InChI is InChI=1S/C15H30O2/c1-5-7-9-11-13(10-8-6-2)14-12-16-15(3,4)17-14/h13-14H,5-12H2,1-4H3/t13?,14-/m0/s1. The van der Waals surface area contributed by atoms with Gasteiger partial charge in [-0.25, -0.2) is 0 Å². The van der Waals surface area contributed by atoms with E-state index >= 15 is 0 Å². The van der Waals surface area contributed by atoms with Gasteiger partial charge in [0, 0.05) is 0 Å². The molecule has 2 nitrogen and oxygen atoms in total. The molecule has 1 rings (SSSR count). The first-order chi connectivity index (χ1) is 8.09. The van der Waals surface area contributed by atoms with Crippen LogP contribution in [0.15, 0.2) is 0 Å². The van der Waals surface area contributed by atoms with Gasteiger partial charge in [-0.05, 0) is 32.6 Å². The summed E-state index contributed by atoms with van der Waals surface area (Å²) in [6.45, 7) is 9.36. The third-order valence-electron chi connectivity index (χ3n) is 3.66. The highest BCUT2D eigenvalue weighted by Gasteiger charge is 2.36. The van der Waals surface area contributed by atoms with Crippen LogP contribution in [0.1, 0.15) is 72.6 Å². The lowest BCUT2D eigenvalue weighted by atomic mass is 9.90. The van der Waals surface area contributed by atoms with Gasteiger partial charge < -0.3 is 9.47 Å². The van der Waals surface area contributed by atoms with Gasteiger partial charge in [-0.1, -0.05) is 46.0 Å². The molecular weight excluding hydrogens is 212 g/mol. The molecule has 0 aromatic carbocycles. The zero-order valence-electron chi connectivity index (χ0n) is 12.1. The van der Waals surface area contributed by atoms with Crippen LogP contribution < -0.4 is 0 Å². The molecule has 1 heterocycles. The molecular formula is C15H30O2. The molecule has 0 aliphatic carbocycles. The minimum atomic E-state index is -0.361. The van der Waals surface area contributed by atoms with Crippen LogP contribution in [-0.2, 0) is 9.47 Å². The average Bonchev–Trinajstić information content (AvgIpc) is 2.64. The number of hydrogen-bond donors (Lipinski definition) is 0. The fraction of sp³-hybridized carbons (Fsp3) is 1.00. The maximum absolute atomic E-state index is 6.02. The minimum absolute atomic E-state index is 0.327. The summed E-state index contributed by atoms with van der Waals surface area (Å²) in [5.74, 6) is 0.336. The lowest BCUT2D eigenvalue weighted by Crippen LogP contribution is -2.26. The molecule has 0 spiro atoms. The van der Waals surface area contributed by atoms with E-state index in [0.717, 1.165) is 6.61 Å². The Morgan fingerprint density at radius 3 is 2.24 bits per heavy atom. The van der Waals surface area contributed by atoms with Gasteiger partial charge >= 0.3 is 0 Å². The predicted octanol–water partition coefficient (Wildman–Crippen LogP) is 4.52. The van der Waals surface area contributed by atoms with Crippen LogP contribution in [-0.4, -0.2) is 18.5 Å². The molecule has 0 aromatic heterocycles. The van der Waals surface area contributed by atoms with E-state index in [1.54, 1.807) is 0 Å².